The normalized spacial score (nSPS) is 20.6. The summed E-state index contributed by atoms with van der Waals surface area (Å²) >= 11 is 1.59. The summed E-state index contributed by atoms with van der Waals surface area (Å²) < 4.78 is 0. The zero-order valence-electron chi connectivity index (χ0n) is 11.5. The summed E-state index contributed by atoms with van der Waals surface area (Å²) in [5, 5.41) is 3.72. The molecule has 0 saturated carbocycles. The maximum atomic E-state index is 12.4. The molecule has 19 heavy (non-hydrogen) atoms. The van der Waals surface area contributed by atoms with E-state index in [1.165, 1.54) is 0 Å². The van der Waals surface area contributed by atoms with Crippen molar-refractivity contribution >= 4 is 23.2 Å². The second kappa shape index (κ2) is 5.69. The van der Waals surface area contributed by atoms with Crippen molar-refractivity contribution in [1.29, 1.82) is 0 Å². The van der Waals surface area contributed by atoms with Crippen LogP contribution < -0.4 is 5.32 Å². The van der Waals surface area contributed by atoms with Gasteiger partial charge in [-0.1, -0.05) is 13.8 Å². The van der Waals surface area contributed by atoms with Crippen LogP contribution in [0.2, 0.25) is 0 Å². The minimum atomic E-state index is -0.420. The van der Waals surface area contributed by atoms with E-state index in [0.29, 0.717) is 19.5 Å². The number of nitrogens with zero attached hydrogens (tertiary/aromatic N) is 2. The van der Waals surface area contributed by atoms with Gasteiger partial charge in [-0.2, -0.15) is 0 Å². The highest BCUT2D eigenvalue weighted by molar-refractivity contribution is 7.11. The first-order valence-corrected chi connectivity index (χ1v) is 7.28. The minimum absolute atomic E-state index is 0.00583. The molecule has 1 aliphatic heterocycles. The fourth-order valence-corrected chi connectivity index (χ4v) is 2.90. The number of hydrogen-bond donors (Lipinski definition) is 1. The molecule has 1 unspecified atom stereocenters. The van der Waals surface area contributed by atoms with E-state index in [9.17, 15) is 9.59 Å². The number of rotatable bonds is 3. The molecule has 0 aliphatic carbocycles. The van der Waals surface area contributed by atoms with Crippen LogP contribution in [0, 0.1) is 12.8 Å². The molecule has 2 rings (SSSR count). The number of aryl methyl sites for hydroxylation is 1. The van der Waals surface area contributed by atoms with Crippen molar-refractivity contribution in [2.75, 3.05) is 6.54 Å². The van der Waals surface area contributed by atoms with Crippen LogP contribution in [0.3, 0.4) is 0 Å². The molecule has 0 aromatic carbocycles. The van der Waals surface area contributed by atoms with Crippen LogP contribution in [-0.4, -0.2) is 34.3 Å². The van der Waals surface area contributed by atoms with E-state index in [0.717, 1.165) is 9.88 Å². The van der Waals surface area contributed by atoms with E-state index in [-0.39, 0.29) is 17.7 Å². The molecule has 104 valence electrons. The highest BCUT2D eigenvalue weighted by Gasteiger charge is 2.32. The fourth-order valence-electron chi connectivity index (χ4n) is 2.10. The molecule has 1 saturated heterocycles. The number of nitrogens with one attached hydrogen (secondary N) is 1. The Labute approximate surface area is 117 Å². The molecule has 5 nitrogen and oxygen atoms in total. The van der Waals surface area contributed by atoms with Crippen molar-refractivity contribution in [3.63, 3.8) is 0 Å². The molecule has 1 aromatic heterocycles. The lowest BCUT2D eigenvalue weighted by Crippen LogP contribution is -2.47. The monoisotopic (exact) mass is 281 g/mol. The van der Waals surface area contributed by atoms with Gasteiger partial charge in [-0.25, -0.2) is 4.98 Å². The van der Waals surface area contributed by atoms with Crippen LogP contribution in [0.1, 0.15) is 30.2 Å². The first-order valence-electron chi connectivity index (χ1n) is 6.47. The van der Waals surface area contributed by atoms with Gasteiger partial charge in [0.1, 0.15) is 11.0 Å². The highest BCUT2D eigenvalue weighted by Crippen LogP contribution is 2.17. The van der Waals surface area contributed by atoms with E-state index in [2.05, 4.69) is 10.3 Å². The molecule has 1 N–H and O–H groups in total. The first kappa shape index (κ1) is 14.0. The van der Waals surface area contributed by atoms with E-state index in [1.54, 1.807) is 16.2 Å². The molecule has 6 heteroatoms. The molecule has 2 amide bonds. The van der Waals surface area contributed by atoms with Gasteiger partial charge in [0.05, 0.1) is 6.54 Å². The van der Waals surface area contributed by atoms with Crippen molar-refractivity contribution in [1.82, 2.24) is 15.2 Å². The molecule has 1 atom stereocenters. The predicted molar refractivity (Wildman–Crippen MR) is 73.7 cm³/mol. The standard InChI is InChI=1S/C13H19N3O2S/c1-8(2)12-13(18)16(5-4-10(17)15-12)7-11-14-6-9(3)19-11/h6,8,12H,4-5,7H2,1-3H3,(H,15,17). The van der Waals surface area contributed by atoms with Crippen molar-refractivity contribution in [3.8, 4) is 0 Å². The summed E-state index contributed by atoms with van der Waals surface area (Å²) in [5.74, 6) is 0.0358. The number of thiazole rings is 1. The molecule has 2 heterocycles. The summed E-state index contributed by atoms with van der Waals surface area (Å²) in [6, 6.07) is -0.420. The van der Waals surface area contributed by atoms with Gasteiger partial charge in [-0.05, 0) is 12.8 Å². The van der Waals surface area contributed by atoms with E-state index in [1.807, 2.05) is 27.0 Å². The zero-order valence-corrected chi connectivity index (χ0v) is 12.3. The molecule has 1 fully saturated rings. The van der Waals surface area contributed by atoms with Crippen LogP contribution >= 0.6 is 11.3 Å². The van der Waals surface area contributed by atoms with Gasteiger partial charge in [-0.15, -0.1) is 11.3 Å². The highest BCUT2D eigenvalue weighted by atomic mass is 32.1. The Hall–Kier alpha value is -1.43. The Balaban J connectivity index is 2.14. The maximum Gasteiger partial charge on any atom is 0.245 e. The molecule has 0 spiro atoms. The van der Waals surface area contributed by atoms with Crippen molar-refractivity contribution in [3.05, 3.63) is 16.1 Å². The fraction of sp³-hybridized carbons (Fsp3) is 0.615. The number of hydrogen-bond acceptors (Lipinski definition) is 4. The first-order chi connectivity index (χ1) is 8.97. The van der Waals surface area contributed by atoms with Gasteiger partial charge in [0.15, 0.2) is 0 Å². The Bertz CT molecular complexity index is 484. The third-order valence-electron chi connectivity index (χ3n) is 3.16. The van der Waals surface area contributed by atoms with Crippen LogP contribution in [0.5, 0.6) is 0 Å². The second-order valence-corrected chi connectivity index (χ2v) is 6.48. The quantitative estimate of drug-likeness (QED) is 0.909. The van der Waals surface area contributed by atoms with Crippen LogP contribution in [0.25, 0.3) is 0 Å². The largest absolute Gasteiger partial charge is 0.344 e. The van der Waals surface area contributed by atoms with Gasteiger partial charge in [0, 0.05) is 24.0 Å². The average molecular weight is 281 g/mol. The zero-order chi connectivity index (χ0) is 14.0. The van der Waals surface area contributed by atoms with E-state index < -0.39 is 6.04 Å². The molecule has 1 aliphatic rings. The number of carbonyl (C=O) groups is 2. The van der Waals surface area contributed by atoms with Crippen molar-refractivity contribution < 1.29 is 9.59 Å². The third-order valence-corrected chi connectivity index (χ3v) is 4.06. The number of carbonyl (C=O) groups excluding carboxylic acids is 2. The van der Waals surface area contributed by atoms with Gasteiger partial charge in [-0.3, -0.25) is 9.59 Å². The summed E-state index contributed by atoms with van der Waals surface area (Å²) in [6.07, 6.45) is 2.17. The Morgan fingerprint density at radius 2 is 2.26 bits per heavy atom. The topological polar surface area (TPSA) is 62.3 Å². The van der Waals surface area contributed by atoms with Crippen LogP contribution in [-0.2, 0) is 16.1 Å². The Morgan fingerprint density at radius 1 is 1.53 bits per heavy atom. The summed E-state index contributed by atoms with van der Waals surface area (Å²) in [6.45, 7) is 6.84. The molecular weight excluding hydrogens is 262 g/mol. The molecule has 1 aromatic rings. The summed E-state index contributed by atoms with van der Waals surface area (Å²) in [4.78, 5) is 31.2. The number of amides is 2. The average Bonchev–Trinajstić information content (AvgIpc) is 2.69. The van der Waals surface area contributed by atoms with Crippen molar-refractivity contribution in [2.24, 2.45) is 5.92 Å². The smallest absolute Gasteiger partial charge is 0.245 e. The number of aromatic nitrogens is 1. The van der Waals surface area contributed by atoms with Gasteiger partial charge in [0.2, 0.25) is 11.8 Å². The lowest BCUT2D eigenvalue weighted by molar-refractivity contribution is -0.135. The lowest BCUT2D eigenvalue weighted by Gasteiger charge is -2.25. The molecule has 0 bridgehead atoms. The van der Waals surface area contributed by atoms with Gasteiger partial charge in [0.25, 0.3) is 0 Å². The molecule has 0 radical (unpaired) electrons. The predicted octanol–water partition coefficient (Wildman–Crippen LogP) is 1.32. The van der Waals surface area contributed by atoms with E-state index in [4.69, 9.17) is 0 Å². The Morgan fingerprint density at radius 3 is 2.84 bits per heavy atom. The summed E-state index contributed by atoms with van der Waals surface area (Å²) in [7, 11) is 0. The third kappa shape index (κ3) is 3.32. The van der Waals surface area contributed by atoms with Gasteiger partial charge < -0.3 is 10.2 Å². The SMILES string of the molecule is Cc1cnc(CN2CCC(=O)NC(C(C)C)C2=O)s1. The van der Waals surface area contributed by atoms with Crippen LogP contribution in [0.4, 0.5) is 0 Å². The lowest BCUT2D eigenvalue weighted by atomic mass is 10.0. The van der Waals surface area contributed by atoms with E-state index >= 15 is 0 Å². The van der Waals surface area contributed by atoms with Crippen LogP contribution in [0.15, 0.2) is 6.20 Å². The summed E-state index contributed by atoms with van der Waals surface area (Å²) in [5.41, 5.74) is 0. The molecular formula is C13H19N3O2S. The van der Waals surface area contributed by atoms with Crippen molar-refractivity contribution in [2.45, 2.75) is 39.8 Å². The Kier molecular flexibility index (Phi) is 4.19. The second-order valence-electron chi connectivity index (χ2n) is 5.16. The minimum Gasteiger partial charge on any atom is -0.344 e. The maximum absolute atomic E-state index is 12.4. The van der Waals surface area contributed by atoms with Gasteiger partial charge >= 0.3 is 0 Å².